The lowest BCUT2D eigenvalue weighted by atomic mass is 10.0. The molecule has 150 valence electrons. The minimum absolute atomic E-state index is 0.119. The molecule has 0 saturated carbocycles. The van der Waals surface area contributed by atoms with Crippen molar-refractivity contribution in [1.29, 1.82) is 0 Å². The first-order valence-electron chi connectivity index (χ1n) is 8.74. The van der Waals surface area contributed by atoms with Crippen LogP contribution in [0, 0.1) is 0 Å². The van der Waals surface area contributed by atoms with Gasteiger partial charge in [0.15, 0.2) is 0 Å². The lowest BCUT2D eigenvalue weighted by molar-refractivity contribution is 0.102. The minimum Gasteiger partial charge on any atom is -0.470 e. The molecule has 0 unspecified atom stereocenters. The van der Waals surface area contributed by atoms with E-state index in [2.05, 4.69) is 16.0 Å². The fourth-order valence-electron chi connectivity index (χ4n) is 2.64. The van der Waals surface area contributed by atoms with E-state index in [4.69, 9.17) is 13.3 Å². The van der Waals surface area contributed by atoms with Gasteiger partial charge in [-0.3, -0.25) is 14.4 Å². The van der Waals surface area contributed by atoms with Crippen LogP contribution in [0.3, 0.4) is 0 Å². The van der Waals surface area contributed by atoms with Crippen molar-refractivity contribution in [2.45, 2.75) is 0 Å². The van der Waals surface area contributed by atoms with Crippen molar-refractivity contribution in [2.75, 3.05) is 16.0 Å². The third kappa shape index (κ3) is 4.30. The monoisotopic (exact) mass is 405 g/mol. The number of hydrogen-bond donors (Lipinski definition) is 3. The topological polar surface area (TPSA) is 127 Å². The normalized spacial score (nSPS) is 10.4. The second-order valence-electron chi connectivity index (χ2n) is 6.20. The molecule has 3 aromatic heterocycles. The van der Waals surface area contributed by atoms with Crippen LogP contribution in [0.4, 0.5) is 17.1 Å². The number of nitrogens with one attached hydrogen (secondary N) is 3. The van der Waals surface area contributed by atoms with Crippen LogP contribution < -0.4 is 16.0 Å². The quantitative estimate of drug-likeness (QED) is 0.441. The van der Waals surface area contributed by atoms with Crippen molar-refractivity contribution < 1.29 is 27.6 Å². The predicted octanol–water partition coefficient (Wildman–Crippen LogP) is 4.22. The smallest absolute Gasteiger partial charge is 0.255 e. The number of anilines is 3. The van der Waals surface area contributed by atoms with Crippen LogP contribution in [0.2, 0.25) is 0 Å². The molecule has 3 N–H and O–H groups in total. The third-order valence-corrected chi connectivity index (χ3v) is 4.06. The Labute approximate surface area is 169 Å². The number of carbonyl (C=O) groups is 3. The summed E-state index contributed by atoms with van der Waals surface area (Å²) < 4.78 is 14.8. The second kappa shape index (κ2) is 8.23. The molecule has 4 aromatic rings. The van der Waals surface area contributed by atoms with Crippen LogP contribution >= 0.6 is 0 Å². The molecule has 4 rings (SSSR count). The van der Waals surface area contributed by atoms with Gasteiger partial charge in [-0.1, -0.05) is 0 Å². The first-order chi connectivity index (χ1) is 14.6. The summed E-state index contributed by atoms with van der Waals surface area (Å²) in [6.07, 6.45) is 8.32. The van der Waals surface area contributed by atoms with Crippen molar-refractivity contribution in [3.8, 4) is 0 Å². The number of furan rings is 3. The average molecular weight is 405 g/mol. The first-order valence-corrected chi connectivity index (χ1v) is 8.74. The van der Waals surface area contributed by atoms with Gasteiger partial charge in [-0.15, -0.1) is 0 Å². The van der Waals surface area contributed by atoms with E-state index in [0.717, 1.165) is 0 Å². The molecule has 0 radical (unpaired) electrons. The fourth-order valence-corrected chi connectivity index (χ4v) is 2.64. The summed E-state index contributed by atoms with van der Waals surface area (Å²) in [7, 11) is 0. The van der Waals surface area contributed by atoms with Gasteiger partial charge in [-0.05, 0) is 36.4 Å². The Hall–Kier alpha value is -4.53. The van der Waals surface area contributed by atoms with E-state index < -0.39 is 17.7 Å². The average Bonchev–Trinajstić information content (AvgIpc) is 3.51. The highest BCUT2D eigenvalue weighted by Crippen LogP contribution is 2.18. The molecule has 0 aliphatic carbocycles. The Morgan fingerprint density at radius 2 is 0.833 bits per heavy atom. The summed E-state index contributed by atoms with van der Waals surface area (Å²) in [5.41, 5.74) is 1.68. The first kappa shape index (κ1) is 18.8. The van der Waals surface area contributed by atoms with Gasteiger partial charge in [-0.25, -0.2) is 0 Å². The summed E-state index contributed by atoms with van der Waals surface area (Å²) in [5, 5.41) is 7.91. The summed E-state index contributed by atoms with van der Waals surface area (Å²) in [4.78, 5) is 37.9. The van der Waals surface area contributed by atoms with Crippen molar-refractivity contribution in [2.24, 2.45) is 0 Å². The molecular formula is C21H15N3O6. The van der Waals surface area contributed by atoms with Crippen LogP contribution in [0.25, 0.3) is 0 Å². The number of hydrogen-bond acceptors (Lipinski definition) is 6. The lowest BCUT2D eigenvalue weighted by Gasteiger charge is -2.10. The van der Waals surface area contributed by atoms with E-state index in [1.54, 1.807) is 18.2 Å². The number of amides is 3. The van der Waals surface area contributed by atoms with Gasteiger partial charge in [-0.2, -0.15) is 0 Å². The van der Waals surface area contributed by atoms with E-state index in [9.17, 15) is 14.4 Å². The second-order valence-corrected chi connectivity index (χ2v) is 6.20. The maximum atomic E-state index is 12.6. The molecule has 3 heterocycles. The zero-order chi connectivity index (χ0) is 20.9. The zero-order valence-corrected chi connectivity index (χ0v) is 15.4. The van der Waals surface area contributed by atoms with E-state index in [1.165, 1.54) is 55.8 Å². The summed E-state index contributed by atoms with van der Waals surface area (Å²) in [6, 6.07) is 8.87. The third-order valence-electron chi connectivity index (χ3n) is 4.06. The maximum Gasteiger partial charge on any atom is 0.255 e. The number of rotatable bonds is 6. The van der Waals surface area contributed by atoms with Crippen LogP contribution in [0.5, 0.6) is 0 Å². The van der Waals surface area contributed by atoms with Crippen molar-refractivity contribution >= 4 is 34.8 Å². The number of benzene rings is 1. The van der Waals surface area contributed by atoms with Crippen molar-refractivity contribution in [3.63, 3.8) is 0 Å². The van der Waals surface area contributed by atoms with E-state index in [1.807, 2.05) is 0 Å². The molecule has 9 nitrogen and oxygen atoms in total. The van der Waals surface area contributed by atoms with Crippen molar-refractivity contribution in [1.82, 2.24) is 0 Å². The molecule has 0 bridgehead atoms. The van der Waals surface area contributed by atoms with Gasteiger partial charge >= 0.3 is 0 Å². The Kier molecular flexibility index (Phi) is 5.16. The molecule has 3 amide bonds. The van der Waals surface area contributed by atoms with Crippen LogP contribution in [-0.4, -0.2) is 17.7 Å². The van der Waals surface area contributed by atoms with Crippen LogP contribution in [0.15, 0.2) is 87.2 Å². The number of carbonyl (C=O) groups excluding carboxylic acids is 3. The molecule has 1 aromatic carbocycles. The van der Waals surface area contributed by atoms with Gasteiger partial charge < -0.3 is 29.2 Å². The summed E-state index contributed by atoms with van der Waals surface area (Å²) in [5.74, 6) is -1.52. The minimum atomic E-state index is -0.508. The molecule has 0 fully saturated rings. The highest BCUT2D eigenvalue weighted by atomic mass is 16.3. The van der Waals surface area contributed by atoms with Crippen molar-refractivity contribution in [3.05, 3.63) is 90.7 Å². The Morgan fingerprint density at radius 3 is 1.07 bits per heavy atom. The highest BCUT2D eigenvalue weighted by Gasteiger charge is 2.18. The van der Waals surface area contributed by atoms with Gasteiger partial charge in [0, 0.05) is 16.7 Å². The standard InChI is InChI=1S/C21H15N3O6/c25-19(22-16-1-4-28-10-16)13-7-14(20(26)23-17-2-5-29-11-17)9-15(8-13)21(27)24-18-3-6-30-12-18/h1-12H,(H,22,25)(H,23,26)(H,24,27). The highest BCUT2D eigenvalue weighted by molar-refractivity contribution is 6.12. The zero-order valence-electron chi connectivity index (χ0n) is 15.4. The molecule has 0 aliphatic rings. The van der Waals surface area contributed by atoms with E-state index in [-0.39, 0.29) is 16.7 Å². The van der Waals surface area contributed by atoms with Gasteiger partial charge in [0.1, 0.15) is 18.8 Å². The molecule has 9 heteroatoms. The van der Waals surface area contributed by atoms with Crippen LogP contribution in [-0.2, 0) is 0 Å². The fraction of sp³-hybridized carbons (Fsp3) is 0. The summed E-state index contributed by atoms with van der Waals surface area (Å²) in [6.45, 7) is 0. The molecule has 0 atom stereocenters. The van der Waals surface area contributed by atoms with Gasteiger partial charge in [0.05, 0.1) is 35.9 Å². The molecule has 0 aliphatic heterocycles. The maximum absolute atomic E-state index is 12.6. The molecule has 0 spiro atoms. The predicted molar refractivity (Wildman–Crippen MR) is 106 cm³/mol. The lowest BCUT2D eigenvalue weighted by Crippen LogP contribution is -2.19. The van der Waals surface area contributed by atoms with Gasteiger partial charge in [0.25, 0.3) is 17.7 Å². The van der Waals surface area contributed by atoms with E-state index >= 15 is 0 Å². The Bertz CT molecular complexity index is 1000. The Morgan fingerprint density at radius 1 is 0.533 bits per heavy atom. The molecule has 0 saturated heterocycles. The Balaban J connectivity index is 1.64. The molecular weight excluding hydrogens is 390 g/mol. The SMILES string of the molecule is O=C(Nc1ccoc1)c1cc(C(=O)Nc2ccoc2)cc(C(=O)Nc2ccoc2)c1. The van der Waals surface area contributed by atoms with Gasteiger partial charge in [0.2, 0.25) is 0 Å². The van der Waals surface area contributed by atoms with Crippen LogP contribution in [0.1, 0.15) is 31.1 Å². The summed E-state index contributed by atoms with van der Waals surface area (Å²) >= 11 is 0. The molecule has 30 heavy (non-hydrogen) atoms. The van der Waals surface area contributed by atoms with E-state index in [0.29, 0.717) is 17.1 Å². The largest absolute Gasteiger partial charge is 0.470 e.